The summed E-state index contributed by atoms with van der Waals surface area (Å²) in [5, 5.41) is 0. The normalized spacial score (nSPS) is 10.4. The maximum absolute atomic E-state index is 12.8. The van der Waals surface area contributed by atoms with Crippen LogP contribution in [0.4, 0.5) is 0 Å². The molecule has 1 nitrogen and oxygen atoms in total. The molecule has 108 valence electrons. The van der Waals surface area contributed by atoms with Gasteiger partial charge in [0.1, 0.15) is 0 Å². The van der Waals surface area contributed by atoms with E-state index in [1.54, 1.807) is 0 Å². The minimum absolute atomic E-state index is 0.0628. The third-order valence-electron chi connectivity index (χ3n) is 3.62. The number of ketones is 1. The Morgan fingerprint density at radius 1 is 0.773 bits per heavy atom. The second-order valence-electron chi connectivity index (χ2n) is 5.12. The number of carbonyl (C=O) groups is 1. The lowest BCUT2D eigenvalue weighted by atomic mass is 9.94. The van der Waals surface area contributed by atoms with Crippen LogP contribution in [0.15, 0.2) is 83.3 Å². The standard InChI is InChI=1S/C20H15BrO/c21-19-13-7-12-17(20(22)16-10-5-2-6-11-16)18(19)14-15-8-3-1-4-9-15/h1-13H,14H2. The van der Waals surface area contributed by atoms with Crippen molar-refractivity contribution >= 4 is 21.7 Å². The van der Waals surface area contributed by atoms with Crippen LogP contribution in [0.3, 0.4) is 0 Å². The van der Waals surface area contributed by atoms with Gasteiger partial charge in [-0.3, -0.25) is 4.79 Å². The molecular formula is C20H15BrO. The fourth-order valence-electron chi connectivity index (χ4n) is 2.50. The lowest BCUT2D eigenvalue weighted by molar-refractivity contribution is 0.103. The van der Waals surface area contributed by atoms with E-state index in [-0.39, 0.29) is 5.78 Å². The van der Waals surface area contributed by atoms with E-state index in [1.165, 1.54) is 5.56 Å². The van der Waals surface area contributed by atoms with Crippen LogP contribution < -0.4 is 0 Å². The van der Waals surface area contributed by atoms with E-state index >= 15 is 0 Å². The highest BCUT2D eigenvalue weighted by molar-refractivity contribution is 9.10. The van der Waals surface area contributed by atoms with Gasteiger partial charge in [-0.15, -0.1) is 0 Å². The minimum atomic E-state index is 0.0628. The van der Waals surface area contributed by atoms with E-state index in [4.69, 9.17) is 0 Å². The first-order chi connectivity index (χ1) is 10.8. The van der Waals surface area contributed by atoms with Gasteiger partial charge in [-0.2, -0.15) is 0 Å². The van der Waals surface area contributed by atoms with Crippen molar-refractivity contribution in [1.82, 2.24) is 0 Å². The van der Waals surface area contributed by atoms with E-state index in [0.717, 1.165) is 27.6 Å². The smallest absolute Gasteiger partial charge is 0.193 e. The topological polar surface area (TPSA) is 17.1 Å². The molecule has 22 heavy (non-hydrogen) atoms. The highest BCUT2D eigenvalue weighted by Gasteiger charge is 2.15. The fourth-order valence-corrected chi connectivity index (χ4v) is 3.00. The summed E-state index contributed by atoms with van der Waals surface area (Å²) in [5.41, 5.74) is 3.69. The maximum Gasteiger partial charge on any atom is 0.193 e. The molecule has 3 aromatic rings. The fraction of sp³-hybridized carbons (Fsp3) is 0.0500. The van der Waals surface area contributed by atoms with Crippen LogP contribution in [-0.4, -0.2) is 5.78 Å². The van der Waals surface area contributed by atoms with E-state index in [9.17, 15) is 4.79 Å². The summed E-state index contributed by atoms with van der Waals surface area (Å²) in [5.74, 6) is 0.0628. The molecule has 0 saturated carbocycles. The second-order valence-corrected chi connectivity index (χ2v) is 5.98. The molecule has 0 heterocycles. The lowest BCUT2D eigenvalue weighted by Crippen LogP contribution is -2.06. The lowest BCUT2D eigenvalue weighted by Gasteiger charge is -2.11. The Bertz CT molecular complexity index is 779. The van der Waals surface area contributed by atoms with E-state index in [0.29, 0.717) is 0 Å². The molecule has 2 heteroatoms. The summed E-state index contributed by atoms with van der Waals surface area (Å²) < 4.78 is 0.970. The number of halogens is 1. The van der Waals surface area contributed by atoms with Gasteiger partial charge >= 0.3 is 0 Å². The summed E-state index contributed by atoms with van der Waals surface area (Å²) in [6.45, 7) is 0. The Hall–Kier alpha value is -2.19. The monoisotopic (exact) mass is 350 g/mol. The van der Waals surface area contributed by atoms with Gasteiger partial charge in [0.25, 0.3) is 0 Å². The maximum atomic E-state index is 12.8. The van der Waals surface area contributed by atoms with Gasteiger partial charge in [0.05, 0.1) is 0 Å². The van der Waals surface area contributed by atoms with Gasteiger partial charge < -0.3 is 0 Å². The van der Waals surface area contributed by atoms with E-state index in [2.05, 4.69) is 28.1 Å². The minimum Gasteiger partial charge on any atom is -0.289 e. The van der Waals surface area contributed by atoms with Crippen LogP contribution in [0.5, 0.6) is 0 Å². The zero-order chi connectivity index (χ0) is 15.4. The molecule has 0 bridgehead atoms. The molecule has 0 N–H and O–H groups in total. The van der Waals surface area contributed by atoms with Gasteiger partial charge in [0.2, 0.25) is 0 Å². The zero-order valence-corrected chi connectivity index (χ0v) is 13.6. The first kappa shape index (κ1) is 14.7. The first-order valence-electron chi connectivity index (χ1n) is 7.17. The highest BCUT2D eigenvalue weighted by Crippen LogP contribution is 2.25. The Labute approximate surface area is 138 Å². The second kappa shape index (κ2) is 6.71. The molecule has 0 amide bonds. The van der Waals surface area contributed by atoms with E-state index in [1.807, 2.05) is 66.7 Å². The Balaban J connectivity index is 2.02. The molecule has 0 fully saturated rings. The number of hydrogen-bond donors (Lipinski definition) is 0. The molecule has 3 rings (SSSR count). The van der Waals surface area contributed by atoms with Gasteiger partial charge in [-0.25, -0.2) is 0 Å². The Morgan fingerprint density at radius 2 is 1.41 bits per heavy atom. The summed E-state index contributed by atoms with van der Waals surface area (Å²) in [7, 11) is 0. The molecule has 3 aromatic carbocycles. The molecule has 0 atom stereocenters. The molecule has 0 aromatic heterocycles. The Morgan fingerprint density at radius 3 is 2.09 bits per heavy atom. The van der Waals surface area contributed by atoms with Crippen molar-refractivity contribution < 1.29 is 4.79 Å². The zero-order valence-electron chi connectivity index (χ0n) is 12.0. The molecule has 0 spiro atoms. The van der Waals surface area contributed by atoms with Gasteiger partial charge in [0, 0.05) is 15.6 Å². The average Bonchev–Trinajstić information content (AvgIpc) is 2.58. The van der Waals surface area contributed by atoms with Crippen molar-refractivity contribution in [1.29, 1.82) is 0 Å². The van der Waals surface area contributed by atoms with Gasteiger partial charge in [-0.1, -0.05) is 88.7 Å². The van der Waals surface area contributed by atoms with Crippen molar-refractivity contribution in [2.45, 2.75) is 6.42 Å². The SMILES string of the molecule is O=C(c1ccccc1)c1cccc(Br)c1Cc1ccccc1. The molecule has 0 saturated heterocycles. The molecule has 0 aliphatic carbocycles. The third kappa shape index (κ3) is 3.18. The number of rotatable bonds is 4. The summed E-state index contributed by atoms with van der Waals surface area (Å²) in [6, 6.07) is 25.4. The van der Waals surface area contributed by atoms with Crippen LogP contribution in [-0.2, 0) is 6.42 Å². The van der Waals surface area contributed by atoms with Crippen molar-refractivity contribution in [3.8, 4) is 0 Å². The average molecular weight is 351 g/mol. The van der Waals surface area contributed by atoms with Crippen molar-refractivity contribution in [3.05, 3.63) is 106 Å². The van der Waals surface area contributed by atoms with Crippen LogP contribution in [0.25, 0.3) is 0 Å². The van der Waals surface area contributed by atoms with E-state index < -0.39 is 0 Å². The first-order valence-corrected chi connectivity index (χ1v) is 7.96. The predicted octanol–water partition coefficient (Wildman–Crippen LogP) is 5.27. The van der Waals surface area contributed by atoms with Crippen LogP contribution in [0, 0.1) is 0 Å². The summed E-state index contributed by atoms with van der Waals surface area (Å²) in [4.78, 5) is 12.8. The molecule has 0 radical (unpaired) electrons. The van der Waals surface area contributed by atoms with Crippen LogP contribution in [0.1, 0.15) is 27.0 Å². The van der Waals surface area contributed by atoms with Gasteiger partial charge in [0.15, 0.2) is 5.78 Å². The van der Waals surface area contributed by atoms with Gasteiger partial charge in [-0.05, 0) is 23.6 Å². The highest BCUT2D eigenvalue weighted by atomic mass is 79.9. The summed E-state index contributed by atoms with van der Waals surface area (Å²) >= 11 is 3.59. The molecule has 0 unspecified atom stereocenters. The predicted molar refractivity (Wildman–Crippen MR) is 93.3 cm³/mol. The third-order valence-corrected chi connectivity index (χ3v) is 4.37. The van der Waals surface area contributed by atoms with Crippen molar-refractivity contribution in [3.63, 3.8) is 0 Å². The quantitative estimate of drug-likeness (QED) is 0.585. The van der Waals surface area contributed by atoms with Crippen LogP contribution >= 0.6 is 15.9 Å². The number of benzene rings is 3. The molecular weight excluding hydrogens is 336 g/mol. The van der Waals surface area contributed by atoms with Crippen LogP contribution in [0.2, 0.25) is 0 Å². The largest absolute Gasteiger partial charge is 0.289 e. The van der Waals surface area contributed by atoms with Crippen molar-refractivity contribution in [2.75, 3.05) is 0 Å². The number of carbonyl (C=O) groups excluding carboxylic acids is 1. The van der Waals surface area contributed by atoms with Crippen molar-refractivity contribution in [2.24, 2.45) is 0 Å². The number of hydrogen-bond acceptors (Lipinski definition) is 1. The Kier molecular flexibility index (Phi) is 4.50. The molecule has 0 aliphatic rings. The molecule has 0 aliphatic heterocycles. The summed E-state index contributed by atoms with van der Waals surface area (Å²) in [6.07, 6.45) is 0.732.